The highest BCUT2D eigenvalue weighted by molar-refractivity contribution is 8.00. The summed E-state index contributed by atoms with van der Waals surface area (Å²) in [5.74, 6) is 0. The van der Waals surface area contributed by atoms with Crippen LogP contribution in [0.3, 0.4) is 0 Å². The largest absolute Gasteiger partial charge is 0.446 e. The first-order valence-corrected chi connectivity index (χ1v) is 5.92. The van der Waals surface area contributed by atoms with Gasteiger partial charge in [0, 0.05) is 16.8 Å². The number of thioether (sulfide) groups is 1. The normalized spacial score (nSPS) is 11.5. The van der Waals surface area contributed by atoms with E-state index in [0.29, 0.717) is 12.2 Å². The van der Waals surface area contributed by atoms with Gasteiger partial charge in [-0.25, -0.2) is 4.98 Å². The van der Waals surface area contributed by atoms with E-state index in [1.807, 2.05) is 0 Å². The third kappa shape index (κ3) is 3.69. The minimum Gasteiger partial charge on any atom is -0.379 e. The fourth-order valence-electron chi connectivity index (χ4n) is 1.40. The Labute approximate surface area is 106 Å². The lowest BCUT2D eigenvalue weighted by atomic mass is 10.3. The summed E-state index contributed by atoms with van der Waals surface area (Å²) in [4.78, 5) is 6.86. The van der Waals surface area contributed by atoms with E-state index in [1.54, 1.807) is 24.4 Å². The molecule has 18 heavy (non-hydrogen) atoms. The van der Waals surface area contributed by atoms with Crippen molar-refractivity contribution in [3.63, 3.8) is 0 Å². The number of aromatic nitrogens is 2. The Hall–Kier alpha value is -1.63. The maximum Gasteiger partial charge on any atom is 0.446 e. The average molecular weight is 273 g/mol. The maximum atomic E-state index is 12.4. The second-order valence-electron chi connectivity index (χ2n) is 3.47. The zero-order chi connectivity index (χ0) is 13.0. The predicted octanol–water partition coefficient (Wildman–Crippen LogP) is 3.63. The van der Waals surface area contributed by atoms with E-state index in [1.165, 1.54) is 12.4 Å². The number of hydrogen-bond donors (Lipinski definition) is 2. The summed E-state index contributed by atoms with van der Waals surface area (Å²) in [5.41, 5.74) is -3.03. The van der Waals surface area contributed by atoms with Gasteiger partial charge in [-0.2, -0.15) is 13.2 Å². The maximum absolute atomic E-state index is 12.4. The number of nitrogens with one attached hydrogen (secondary N) is 2. The van der Waals surface area contributed by atoms with Gasteiger partial charge in [-0.3, -0.25) is 0 Å². The van der Waals surface area contributed by atoms with Crippen molar-refractivity contribution in [2.75, 3.05) is 5.32 Å². The van der Waals surface area contributed by atoms with Crippen LogP contribution in [0.25, 0.3) is 0 Å². The highest BCUT2D eigenvalue weighted by atomic mass is 32.2. The second-order valence-corrected chi connectivity index (χ2v) is 4.58. The van der Waals surface area contributed by atoms with Crippen LogP contribution in [0.4, 0.5) is 18.9 Å². The van der Waals surface area contributed by atoms with Gasteiger partial charge in [0.05, 0.1) is 18.6 Å². The Morgan fingerprint density at radius 2 is 2.06 bits per heavy atom. The summed E-state index contributed by atoms with van der Waals surface area (Å²) in [6.07, 6.45) is 3.14. The number of H-pyrrole nitrogens is 1. The van der Waals surface area contributed by atoms with Crippen LogP contribution in [0.15, 0.2) is 41.7 Å². The first kappa shape index (κ1) is 12.8. The van der Waals surface area contributed by atoms with Crippen LogP contribution in [0.2, 0.25) is 0 Å². The molecule has 0 saturated heterocycles. The molecule has 0 aliphatic rings. The van der Waals surface area contributed by atoms with E-state index < -0.39 is 5.51 Å². The Bertz CT molecular complexity index is 496. The van der Waals surface area contributed by atoms with Gasteiger partial charge < -0.3 is 10.3 Å². The third-order valence-corrected chi connectivity index (χ3v) is 2.94. The number of hydrogen-bond acceptors (Lipinski definition) is 3. The highest BCUT2D eigenvalue weighted by Crippen LogP contribution is 2.40. The molecule has 2 N–H and O–H groups in total. The molecule has 0 aliphatic carbocycles. The SMILES string of the molecule is FC(F)(F)Sc1ccccc1NCc1cnc[nH]1. The van der Waals surface area contributed by atoms with Crippen molar-refractivity contribution in [2.24, 2.45) is 0 Å². The zero-order valence-corrected chi connectivity index (χ0v) is 9.98. The van der Waals surface area contributed by atoms with Gasteiger partial charge in [-0.05, 0) is 23.9 Å². The molecule has 0 bridgehead atoms. The van der Waals surface area contributed by atoms with Gasteiger partial charge in [0.25, 0.3) is 0 Å². The summed E-state index contributed by atoms with van der Waals surface area (Å²) in [6, 6.07) is 6.32. The van der Waals surface area contributed by atoms with Crippen LogP contribution in [-0.2, 0) is 6.54 Å². The van der Waals surface area contributed by atoms with Crippen LogP contribution in [0, 0.1) is 0 Å². The molecule has 1 aromatic carbocycles. The summed E-state index contributed by atoms with van der Waals surface area (Å²) in [5, 5.41) is 2.95. The van der Waals surface area contributed by atoms with Crippen molar-refractivity contribution >= 4 is 17.4 Å². The van der Waals surface area contributed by atoms with Gasteiger partial charge in [0.15, 0.2) is 0 Å². The first-order chi connectivity index (χ1) is 8.54. The number of nitrogens with zero attached hydrogens (tertiary/aromatic N) is 1. The monoisotopic (exact) mass is 273 g/mol. The number of alkyl halides is 3. The van der Waals surface area contributed by atoms with Crippen LogP contribution >= 0.6 is 11.8 Å². The summed E-state index contributed by atoms with van der Waals surface area (Å²) >= 11 is -0.124. The van der Waals surface area contributed by atoms with Crippen LogP contribution in [-0.4, -0.2) is 15.5 Å². The van der Waals surface area contributed by atoms with E-state index in [-0.39, 0.29) is 16.7 Å². The number of imidazole rings is 1. The molecule has 0 atom stereocenters. The molecule has 0 saturated carbocycles. The van der Waals surface area contributed by atoms with Crippen molar-refractivity contribution in [3.05, 3.63) is 42.5 Å². The molecule has 0 amide bonds. The molecular formula is C11H10F3N3S. The predicted molar refractivity (Wildman–Crippen MR) is 64.3 cm³/mol. The molecule has 0 unspecified atom stereocenters. The molecule has 96 valence electrons. The van der Waals surface area contributed by atoms with Crippen molar-refractivity contribution in [2.45, 2.75) is 16.9 Å². The fraction of sp³-hybridized carbons (Fsp3) is 0.182. The molecular weight excluding hydrogens is 263 g/mol. The van der Waals surface area contributed by atoms with Crippen molar-refractivity contribution < 1.29 is 13.2 Å². The highest BCUT2D eigenvalue weighted by Gasteiger charge is 2.30. The minimum atomic E-state index is -4.29. The van der Waals surface area contributed by atoms with Gasteiger partial charge in [0.2, 0.25) is 0 Å². The molecule has 0 aliphatic heterocycles. The number of rotatable bonds is 4. The van der Waals surface area contributed by atoms with Crippen molar-refractivity contribution in [1.82, 2.24) is 9.97 Å². The van der Waals surface area contributed by atoms with Gasteiger partial charge in [-0.15, -0.1) is 0 Å². The Morgan fingerprint density at radius 1 is 1.28 bits per heavy atom. The average Bonchev–Trinajstić information content (AvgIpc) is 2.79. The Balaban J connectivity index is 2.07. The van der Waals surface area contributed by atoms with E-state index in [2.05, 4.69) is 15.3 Å². The zero-order valence-electron chi connectivity index (χ0n) is 9.16. The summed E-state index contributed by atoms with van der Waals surface area (Å²) < 4.78 is 37.1. The summed E-state index contributed by atoms with van der Waals surface area (Å²) in [6.45, 7) is 0.398. The molecule has 2 rings (SSSR count). The van der Waals surface area contributed by atoms with Gasteiger partial charge in [-0.1, -0.05) is 12.1 Å². The molecule has 0 fully saturated rings. The van der Waals surface area contributed by atoms with Crippen molar-refractivity contribution in [3.8, 4) is 0 Å². The molecule has 0 spiro atoms. The number of para-hydroxylation sites is 1. The van der Waals surface area contributed by atoms with E-state index in [9.17, 15) is 13.2 Å². The molecule has 1 aromatic heterocycles. The van der Waals surface area contributed by atoms with E-state index in [0.717, 1.165) is 5.69 Å². The Kier molecular flexibility index (Phi) is 3.81. The lowest BCUT2D eigenvalue weighted by Gasteiger charge is -2.12. The third-order valence-electron chi connectivity index (χ3n) is 2.14. The lowest BCUT2D eigenvalue weighted by molar-refractivity contribution is -0.0327. The fourth-order valence-corrected chi connectivity index (χ4v) is 2.04. The van der Waals surface area contributed by atoms with Crippen LogP contribution in [0.1, 0.15) is 5.69 Å². The summed E-state index contributed by atoms with van der Waals surface area (Å²) in [7, 11) is 0. The standard InChI is InChI=1S/C11H10F3N3S/c12-11(13,14)18-10-4-2-1-3-9(10)16-6-8-5-15-7-17-8/h1-5,7,16H,6H2,(H,15,17). The molecule has 2 aromatic rings. The molecule has 7 heteroatoms. The number of halogens is 3. The van der Waals surface area contributed by atoms with Gasteiger partial charge in [0.1, 0.15) is 0 Å². The van der Waals surface area contributed by atoms with Crippen LogP contribution in [0.5, 0.6) is 0 Å². The molecule has 0 radical (unpaired) electrons. The van der Waals surface area contributed by atoms with Crippen molar-refractivity contribution in [1.29, 1.82) is 0 Å². The number of aromatic amines is 1. The quantitative estimate of drug-likeness (QED) is 0.836. The molecule has 3 nitrogen and oxygen atoms in total. The van der Waals surface area contributed by atoms with E-state index >= 15 is 0 Å². The lowest BCUT2D eigenvalue weighted by Crippen LogP contribution is -2.04. The topological polar surface area (TPSA) is 40.7 Å². The minimum absolute atomic E-state index is 0.124. The smallest absolute Gasteiger partial charge is 0.379 e. The van der Waals surface area contributed by atoms with E-state index in [4.69, 9.17) is 0 Å². The molecule has 1 heterocycles. The van der Waals surface area contributed by atoms with Gasteiger partial charge >= 0.3 is 5.51 Å². The van der Waals surface area contributed by atoms with Crippen LogP contribution < -0.4 is 5.32 Å². The number of benzene rings is 1. The number of anilines is 1. The Morgan fingerprint density at radius 3 is 2.72 bits per heavy atom. The first-order valence-electron chi connectivity index (χ1n) is 5.10. The second kappa shape index (κ2) is 5.34.